The average molecular weight is 476 g/mol. The van der Waals surface area contributed by atoms with Crippen LogP contribution in [0.25, 0.3) is 11.1 Å². The zero-order valence-electron chi connectivity index (χ0n) is 16.8. The van der Waals surface area contributed by atoms with Gasteiger partial charge in [-0.15, -0.1) is 8.57 Å². The van der Waals surface area contributed by atoms with Crippen LogP contribution in [0.5, 0.6) is 0 Å². The number of urea groups is 2. The van der Waals surface area contributed by atoms with Gasteiger partial charge in [-0.05, 0) is 12.2 Å². The van der Waals surface area contributed by atoms with Gasteiger partial charge in [0, 0.05) is 24.2 Å². The maximum absolute atomic E-state index is 12.7. The van der Waals surface area contributed by atoms with Gasteiger partial charge in [0.15, 0.2) is 0 Å². The van der Waals surface area contributed by atoms with Crippen molar-refractivity contribution < 1.29 is 35.4 Å². The summed E-state index contributed by atoms with van der Waals surface area (Å²) in [6.45, 7) is 0.818. The van der Waals surface area contributed by atoms with Gasteiger partial charge in [-0.1, -0.05) is 0 Å². The second-order valence-corrected chi connectivity index (χ2v) is 8.84. The van der Waals surface area contributed by atoms with Gasteiger partial charge in [0.05, 0.1) is 37.6 Å². The van der Waals surface area contributed by atoms with Crippen molar-refractivity contribution in [2.45, 2.75) is 12.1 Å². The van der Waals surface area contributed by atoms with Gasteiger partial charge < -0.3 is 18.6 Å². The molecule has 0 aromatic carbocycles. The highest BCUT2D eigenvalue weighted by Crippen LogP contribution is 2.32. The fraction of sp³-hybridized carbons (Fsp3) is 0.333. The Morgan fingerprint density at radius 1 is 0.818 bits per heavy atom. The smallest absolute Gasteiger partial charge is 0.442 e. The molecule has 33 heavy (non-hydrogen) atoms. The summed E-state index contributed by atoms with van der Waals surface area (Å²) in [5.74, 6) is 0.659. The van der Waals surface area contributed by atoms with Crippen molar-refractivity contribution >= 4 is 33.6 Å². The summed E-state index contributed by atoms with van der Waals surface area (Å²) in [4.78, 5) is 36.2. The van der Waals surface area contributed by atoms with Crippen LogP contribution in [-0.4, -0.2) is 88.6 Å². The van der Waals surface area contributed by atoms with Gasteiger partial charge in [-0.3, -0.25) is 0 Å². The lowest BCUT2D eigenvalue weighted by Gasteiger charge is -2.22. The number of hydrogen-bond acceptors (Lipinski definition) is 10. The molecule has 0 N–H and O–H groups in total. The van der Waals surface area contributed by atoms with E-state index in [1.807, 2.05) is 0 Å². The molecule has 172 valence electrons. The molecule has 0 saturated carbocycles. The number of hydrogen-bond donors (Lipinski definition) is 0. The molecule has 4 bridgehead atoms. The Labute approximate surface area is 186 Å². The lowest BCUT2D eigenvalue weighted by molar-refractivity contribution is -0.0723. The molecule has 6 rings (SSSR count). The van der Waals surface area contributed by atoms with E-state index < -0.39 is 34.5 Å². The Morgan fingerprint density at radius 3 is 1.67 bits per heavy atom. The Kier molecular flexibility index (Phi) is 4.33. The summed E-state index contributed by atoms with van der Waals surface area (Å²) < 4.78 is 45.8. The number of oxazole rings is 2. The first-order valence-corrected chi connectivity index (χ1v) is 11.2. The molecule has 2 atom stereocenters. The second-order valence-electron chi connectivity index (χ2n) is 7.73. The van der Waals surface area contributed by atoms with Crippen LogP contribution in [0.4, 0.5) is 9.59 Å². The van der Waals surface area contributed by atoms with E-state index in [2.05, 4.69) is 9.97 Å². The third-order valence-corrected chi connectivity index (χ3v) is 6.29. The molecule has 4 amide bonds. The largest absolute Gasteiger partial charge is 0.445 e. The molecular weight excluding hydrogens is 460 g/mol. The van der Waals surface area contributed by atoms with Crippen LogP contribution in [0, 0.1) is 0 Å². The molecule has 2 unspecified atom stereocenters. The molecule has 14 nitrogen and oxygen atoms in total. The fourth-order valence-corrected chi connectivity index (χ4v) is 5.00. The Morgan fingerprint density at radius 2 is 1.27 bits per heavy atom. The molecule has 4 aliphatic rings. The highest BCUT2D eigenvalue weighted by Gasteiger charge is 2.47. The van der Waals surface area contributed by atoms with Crippen molar-refractivity contribution in [1.29, 1.82) is 0 Å². The van der Waals surface area contributed by atoms with Gasteiger partial charge in [-0.25, -0.2) is 19.6 Å². The van der Waals surface area contributed by atoms with Crippen LogP contribution in [0.1, 0.15) is 11.8 Å². The van der Waals surface area contributed by atoms with Crippen molar-refractivity contribution in [3.05, 3.63) is 48.9 Å². The second kappa shape index (κ2) is 7.16. The molecule has 2 aromatic rings. The van der Waals surface area contributed by atoms with E-state index in [4.69, 9.17) is 17.4 Å². The minimum absolute atomic E-state index is 0.187. The number of fused-ring (bicyclic) bond motifs is 4. The van der Waals surface area contributed by atoms with Crippen molar-refractivity contribution in [1.82, 2.24) is 29.9 Å². The fourth-order valence-electron chi connectivity index (χ4n) is 4.23. The van der Waals surface area contributed by atoms with Crippen LogP contribution in [0.2, 0.25) is 0 Å². The third kappa shape index (κ3) is 3.37. The average Bonchev–Trinajstić information content (AvgIpc) is 3.59. The first-order valence-electron chi connectivity index (χ1n) is 9.89. The van der Waals surface area contributed by atoms with Gasteiger partial charge in [0.1, 0.15) is 12.5 Å². The number of nitrogens with zero attached hydrogens (tertiary/aromatic N) is 6. The van der Waals surface area contributed by atoms with E-state index in [1.54, 1.807) is 12.2 Å². The highest BCUT2D eigenvalue weighted by atomic mass is 32.3. The third-order valence-electron chi connectivity index (χ3n) is 5.60. The molecule has 2 aromatic heterocycles. The summed E-state index contributed by atoms with van der Waals surface area (Å²) in [5.41, 5.74) is 1.24. The summed E-state index contributed by atoms with van der Waals surface area (Å²) in [5, 5.41) is 1.40. The van der Waals surface area contributed by atoms with Crippen LogP contribution in [-0.2, 0) is 19.0 Å². The molecule has 4 aliphatic heterocycles. The number of rotatable bonds is 6. The SMILES string of the molecule is O=C1N2CC(c3ncco3)=CC(C2)N1OS(=O)(=O)ON1C(=O)N2CC(c3ncco3)=CC1C2. The number of carbonyl (C=O) groups excluding carboxylic acids is 2. The van der Waals surface area contributed by atoms with Crippen LogP contribution in [0.3, 0.4) is 0 Å². The van der Waals surface area contributed by atoms with Crippen LogP contribution >= 0.6 is 0 Å². The van der Waals surface area contributed by atoms with E-state index in [0.29, 0.717) is 33.1 Å². The standard InChI is InChI=1S/C18H16N6O8S/c25-17-21-7-11(15-19-1-3-29-15)5-13(9-21)23(17)31-33(27,28)32-24-14-6-12(16-20-2-4-30-16)8-22(10-14)18(24)26/h1-6,13-14H,7-10H2. The maximum Gasteiger partial charge on any atom is 0.442 e. The molecule has 0 radical (unpaired) electrons. The predicted octanol–water partition coefficient (Wildman–Crippen LogP) is 0.477. The van der Waals surface area contributed by atoms with E-state index in [1.165, 1.54) is 34.7 Å². The highest BCUT2D eigenvalue weighted by molar-refractivity contribution is 7.81. The van der Waals surface area contributed by atoms with Gasteiger partial charge in [0.2, 0.25) is 11.8 Å². The zero-order valence-corrected chi connectivity index (χ0v) is 17.6. The van der Waals surface area contributed by atoms with Crippen molar-refractivity contribution in [2.75, 3.05) is 26.2 Å². The number of hydroxylamine groups is 4. The van der Waals surface area contributed by atoms with Gasteiger partial charge in [-0.2, -0.15) is 18.5 Å². The van der Waals surface area contributed by atoms with Crippen LogP contribution < -0.4 is 0 Å². The Hall–Kier alpha value is -3.69. The van der Waals surface area contributed by atoms with Gasteiger partial charge >= 0.3 is 22.5 Å². The first-order chi connectivity index (χ1) is 15.9. The van der Waals surface area contributed by atoms with E-state index in [0.717, 1.165) is 0 Å². The first kappa shape index (κ1) is 20.0. The van der Waals surface area contributed by atoms with Crippen molar-refractivity contribution in [2.24, 2.45) is 0 Å². The molecule has 2 fully saturated rings. The van der Waals surface area contributed by atoms with E-state index in [-0.39, 0.29) is 26.2 Å². The summed E-state index contributed by atoms with van der Waals surface area (Å²) in [6.07, 6.45) is 9.03. The summed E-state index contributed by atoms with van der Waals surface area (Å²) in [7, 11) is -4.81. The Bertz CT molecular complexity index is 1180. The van der Waals surface area contributed by atoms with Crippen molar-refractivity contribution in [3.8, 4) is 0 Å². The molecular formula is C18H16N6O8S. The normalized spacial score (nSPS) is 24.6. The lowest BCUT2D eigenvalue weighted by Crippen LogP contribution is -2.40. The molecule has 0 spiro atoms. The van der Waals surface area contributed by atoms with Gasteiger partial charge in [0.25, 0.3) is 0 Å². The summed E-state index contributed by atoms with van der Waals surface area (Å²) >= 11 is 0. The van der Waals surface area contributed by atoms with Crippen molar-refractivity contribution in [3.63, 3.8) is 0 Å². The number of aromatic nitrogens is 2. The Balaban J connectivity index is 1.19. The lowest BCUT2D eigenvalue weighted by atomic mass is 10.1. The minimum Gasteiger partial charge on any atom is -0.445 e. The molecule has 0 aliphatic carbocycles. The number of amides is 4. The predicted molar refractivity (Wildman–Crippen MR) is 105 cm³/mol. The van der Waals surface area contributed by atoms with E-state index >= 15 is 0 Å². The zero-order chi connectivity index (χ0) is 22.7. The molecule has 2 saturated heterocycles. The topological polar surface area (TPSA) is 152 Å². The quantitative estimate of drug-likeness (QED) is 0.575. The maximum atomic E-state index is 12.7. The van der Waals surface area contributed by atoms with E-state index in [9.17, 15) is 18.0 Å². The van der Waals surface area contributed by atoms with Crippen LogP contribution in [0.15, 0.2) is 45.9 Å². The monoisotopic (exact) mass is 476 g/mol. The molecule has 6 heterocycles. The number of carbonyl (C=O) groups is 2. The summed E-state index contributed by atoms with van der Waals surface area (Å²) in [6, 6.07) is -2.74. The molecule has 15 heteroatoms. The minimum atomic E-state index is -4.81.